The maximum Gasteiger partial charge on any atom is 0.254 e. The average Bonchev–Trinajstić information content (AvgIpc) is 3.14. The van der Waals surface area contributed by atoms with E-state index in [9.17, 15) is 4.79 Å². The number of likely N-dealkylation sites (tertiary alicyclic amines) is 1. The monoisotopic (exact) mass is 348 g/mol. The molecule has 132 valence electrons. The number of carbonyl (C=O) groups is 1. The lowest BCUT2D eigenvalue weighted by atomic mass is 10.2. The molecule has 1 aromatic carbocycles. The highest BCUT2D eigenvalue weighted by molar-refractivity contribution is 5.95. The average molecular weight is 348 g/mol. The van der Waals surface area contributed by atoms with E-state index in [2.05, 4.69) is 21.6 Å². The highest BCUT2D eigenvalue weighted by Crippen LogP contribution is 2.39. The second-order valence-electron chi connectivity index (χ2n) is 7.09. The number of nitrogens with zero attached hydrogens (tertiary/aromatic N) is 6. The van der Waals surface area contributed by atoms with Crippen LogP contribution in [-0.4, -0.2) is 48.7 Å². The van der Waals surface area contributed by atoms with Crippen LogP contribution in [0.3, 0.4) is 0 Å². The number of rotatable bonds is 4. The van der Waals surface area contributed by atoms with Crippen molar-refractivity contribution in [2.75, 3.05) is 13.1 Å². The number of hydrogen-bond donors (Lipinski definition) is 0. The van der Waals surface area contributed by atoms with E-state index < -0.39 is 0 Å². The summed E-state index contributed by atoms with van der Waals surface area (Å²) in [7, 11) is 0. The van der Waals surface area contributed by atoms with Gasteiger partial charge in [-0.25, -0.2) is 9.36 Å². The van der Waals surface area contributed by atoms with Gasteiger partial charge in [-0.3, -0.25) is 4.79 Å². The van der Waals surface area contributed by atoms with Crippen LogP contribution in [0.4, 0.5) is 0 Å². The molecule has 1 unspecified atom stereocenters. The van der Waals surface area contributed by atoms with Gasteiger partial charge in [0.1, 0.15) is 0 Å². The van der Waals surface area contributed by atoms with E-state index in [1.165, 1.54) is 12.8 Å². The van der Waals surface area contributed by atoms with Crippen molar-refractivity contribution in [3.8, 4) is 5.69 Å². The Hall–Kier alpha value is -2.96. The minimum atomic E-state index is 0.0593. The molecule has 1 aliphatic heterocycles. The summed E-state index contributed by atoms with van der Waals surface area (Å²) in [5.41, 5.74) is 2.68. The third kappa shape index (κ3) is 2.79. The first-order chi connectivity index (χ1) is 12.8. The molecular formula is C19H20N6O. The van der Waals surface area contributed by atoms with Crippen LogP contribution < -0.4 is 0 Å². The highest BCUT2D eigenvalue weighted by Gasteiger charge is 2.31. The molecule has 7 nitrogen and oxygen atoms in total. The Bertz CT molecular complexity index is 927. The molecule has 26 heavy (non-hydrogen) atoms. The minimum absolute atomic E-state index is 0.0593. The second kappa shape index (κ2) is 6.09. The molecule has 0 N–H and O–H groups in total. The molecule has 5 rings (SSSR count). The van der Waals surface area contributed by atoms with Gasteiger partial charge in [0.05, 0.1) is 17.4 Å². The lowest BCUT2D eigenvalue weighted by molar-refractivity contribution is 0.0787. The van der Waals surface area contributed by atoms with Gasteiger partial charge >= 0.3 is 0 Å². The zero-order valence-corrected chi connectivity index (χ0v) is 14.4. The smallest absolute Gasteiger partial charge is 0.254 e. The van der Waals surface area contributed by atoms with Crippen LogP contribution in [0.2, 0.25) is 0 Å². The molecule has 0 bridgehead atoms. The molecule has 2 aromatic heterocycles. The number of amides is 1. The van der Waals surface area contributed by atoms with Crippen molar-refractivity contribution in [3.05, 3.63) is 60.2 Å². The predicted octanol–water partition coefficient (Wildman–Crippen LogP) is 2.43. The predicted molar refractivity (Wildman–Crippen MR) is 95.1 cm³/mol. The van der Waals surface area contributed by atoms with Crippen molar-refractivity contribution in [3.63, 3.8) is 0 Å². The van der Waals surface area contributed by atoms with E-state index in [1.54, 1.807) is 10.9 Å². The maximum atomic E-state index is 12.9. The first-order valence-electron chi connectivity index (χ1n) is 9.09. The fourth-order valence-corrected chi connectivity index (χ4v) is 3.56. The Morgan fingerprint density at radius 1 is 1.15 bits per heavy atom. The Morgan fingerprint density at radius 2 is 2.08 bits per heavy atom. The molecule has 2 aliphatic rings. The Morgan fingerprint density at radius 3 is 2.88 bits per heavy atom. The van der Waals surface area contributed by atoms with Crippen molar-refractivity contribution in [2.45, 2.75) is 31.2 Å². The Labute approximate surface area is 151 Å². The molecule has 0 radical (unpaired) electrons. The standard InChI is InChI=1S/C19H20N6O/c26-19(15-3-1-4-16(11-15)24-9-2-8-20-24)23-10-7-17(12-23)25-13-18(21-22-25)14-5-6-14/h1-4,8-9,11,13-14,17H,5-7,10,12H2. The van der Waals surface area contributed by atoms with Gasteiger partial charge in [-0.15, -0.1) is 5.10 Å². The molecule has 1 amide bonds. The molecule has 1 saturated carbocycles. The molecule has 1 atom stereocenters. The van der Waals surface area contributed by atoms with E-state index in [0.717, 1.165) is 24.3 Å². The summed E-state index contributed by atoms with van der Waals surface area (Å²) in [6.45, 7) is 1.42. The lowest BCUT2D eigenvalue weighted by Crippen LogP contribution is -2.29. The highest BCUT2D eigenvalue weighted by atomic mass is 16.2. The Balaban J connectivity index is 1.31. The topological polar surface area (TPSA) is 68.8 Å². The summed E-state index contributed by atoms with van der Waals surface area (Å²) >= 11 is 0. The van der Waals surface area contributed by atoms with Crippen molar-refractivity contribution in [1.82, 2.24) is 29.7 Å². The largest absolute Gasteiger partial charge is 0.336 e. The van der Waals surface area contributed by atoms with E-state index in [1.807, 2.05) is 46.1 Å². The van der Waals surface area contributed by atoms with E-state index >= 15 is 0 Å². The summed E-state index contributed by atoms with van der Waals surface area (Å²) in [5.74, 6) is 0.664. The number of aromatic nitrogens is 5. The van der Waals surface area contributed by atoms with Crippen LogP contribution in [0.15, 0.2) is 48.9 Å². The van der Waals surface area contributed by atoms with Gasteiger partial charge in [0.25, 0.3) is 5.91 Å². The summed E-state index contributed by atoms with van der Waals surface area (Å²) in [6.07, 6.45) is 9.03. The normalized spacial score (nSPS) is 19.8. The first kappa shape index (κ1) is 15.3. The number of hydrogen-bond acceptors (Lipinski definition) is 4. The van der Waals surface area contributed by atoms with Gasteiger partial charge in [-0.1, -0.05) is 11.3 Å². The SMILES string of the molecule is O=C(c1cccc(-n2cccn2)c1)N1CCC(n2cc(C3CC3)nn2)C1. The van der Waals surface area contributed by atoms with Crippen molar-refractivity contribution in [2.24, 2.45) is 0 Å². The van der Waals surface area contributed by atoms with Gasteiger partial charge in [-0.2, -0.15) is 5.10 Å². The summed E-state index contributed by atoms with van der Waals surface area (Å²) in [4.78, 5) is 14.8. The number of carbonyl (C=O) groups excluding carboxylic acids is 1. The van der Waals surface area contributed by atoms with Crippen molar-refractivity contribution >= 4 is 5.91 Å². The lowest BCUT2D eigenvalue weighted by Gasteiger charge is -2.17. The zero-order valence-electron chi connectivity index (χ0n) is 14.4. The number of benzene rings is 1. The summed E-state index contributed by atoms with van der Waals surface area (Å²) in [6, 6.07) is 9.69. The van der Waals surface area contributed by atoms with Gasteiger partial charge in [0.2, 0.25) is 0 Å². The fraction of sp³-hybridized carbons (Fsp3) is 0.368. The van der Waals surface area contributed by atoms with Crippen molar-refractivity contribution in [1.29, 1.82) is 0 Å². The molecule has 1 aliphatic carbocycles. The summed E-state index contributed by atoms with van der Waals surface area (Å²) < 4.78 is 3.71. The van der Waals surface area contributed by atoms with Crippen LogP contribution in [0.25, 0.3) is 5.69 Å². The molecule has 2 fully saturated rings. The van der Waals surface area contributed by atoms with Gasteiger partial charge < -0.3 is 4.90 Å². The van der Waals surface area contributed by atoms with Gasteiger partial charge in [0.15, 0.2) is 0 Å². The third-order valence-corrected chi connectivity index (χ3v) is 5.21. The van der Waals surface area contributed by atoms with Crippen molar-refractivity contribution < 1.29 is 4.79 Å². The second-order valence-corrected chi connectivity index (χ2v) is 7.09. The molecule has 3 aromatic rings. The van der Waals surface area contributed by atoms with Gasteiger partial charge in [-0.05, 0) is 43.5 Å². The zero-order chi connectivity index (χ0) is 17.5. The molecule has 3 heterocycles. The van der Waals surface area contributed by atoms with Crippen LogP contribution >= 0.6 is 0 Å². The maximum absolute atomic E-state index is 12.9. The molecular weight excluding hydrogens is 328 g/mol. The van der Waals surface area contributed by atoms with Crippen LogP contribution in [-0.2, 0) is 0 Å². The first-order valence-corrected chi connectivity index (χ1v) is 9.09. The Kier molecular flexibility index (Phi) is 3.58. The molecule has 0 spiro atoms. The molecule has 7 heteroatoms. The van der Waals surface area contributed by atoms with E-state index in [-0.39, 0.29) is 11.9 Å². The van der Waals surface area contributed by atoms with Crippen LogP contribution in [0.1, 0.15) is 47.3 Å². The van der Waals surface area contributed by atoms with E-state index in [4.69, 9.17) is 0 Å². The quantitative estimate of drug-likeness (QED) is 0.726. The van der Waals surface area contributed by atoms with Crippen LogP contribution in [0.5, 0.6) is 0 Å². The fourth-order valence-electron chi connectivity index (χ4n) is 3.56. The van der Waals surface area contributed by atoms with E-state index in [0.29, 0.717) is 18.0 Å². The molecule has 1 saturated heterocycles. The van der Waals surface area contributed by atoms with Crippen LogP contribution in [0, 0.1) is 0 Å². The third-order valence-electron chi connectivity index (χ3n) is 5.21. The summed E-state index contributed by atoms with van der Waals surface area (Å²) in [5, 5.41) is 12.8. The minimum Gasteiger partial charge on any atom is -0.336 e. The van der Waals surface area contributed by atoms with Gasteiger partial charge in [0, 0.05) is 43.2 Å².